The van der Waals surface area contributed by atoms with Gasteiger partial charge >= 0.3 is 6.09 Å². The van der Waals surface area contributed by atoms with Gasteiger partial charge in [0.25, 0.3) is 5.91 Å². The van der Waals surface area contributed by atoms with E-state index in [0.29, 0.717) is 41.6 Å². The molecule has 2 aliphatic heterocycles. The lowest BCUT2D eigenvalue weighted by molar-refractivity contribution is -0.110. The van der Waals surface area contributed by atoms with Crippen LogP contribution in [0.1, 0.15) is 23.6 Å². The summed E-state index contributed by atoms with van der Waals surface area (Å²) in [6.45, 7) is 3.15. The van der Waals surface area contributed by atoms with Crippen LogP contribution in [0.3, 0.4) is 0 Å². The van der Waals surface area contributed by atoms with E-state index in [1.807, 2.05) is 79.7 Å². The number of carbonyl (C=O) groups is 2. The number of amides is 2. The van der Waals surface area contributed by atoms with E-state index < -0.39 is 0 Å². The Balaban J connectivity index is 1.26. The molecule has 0 aliphatic carbocycles. The number of likely N-dealkylation sites (N-methyl/N-ethyl adjacent to an activating group) is 1. The van der Waals surface area contributed by atoms with Crippen molar-refractivity contribution in [3.05, 3.63) is 88.4 Å². The Labute approximate surface area is 202 Å². The lowest BCUT2D eigenvalue weighted by Crippen LogP contribution is -2.24. The molecule has 1 fully saturated rings. The normalized spacial score (nSPS) is 18.1. The molecule has 1 saturated heterocycles. The Morgan fingerprint density at radius 2 is 1.91 bits per heavy atom. The number of halogens is 1. The number of hydrogen-bond donors (Lipinski definition) is 1. The Hall–Kier alpha value is -3.77. The molecule has 0 spiro atoms. The summed E-state index contributed by atoms with van der Waals surface area (Å²) in [7, 11) is 0. The molecule has 1 N–H and O–H groups in total. The first-order valence-electron chi connectivity index (χ1n) is 11.1. The molecule has 3 aromatic carbocycles. The maximum absolute atomic E-state index is 12.3. The van der Waals surface area contributed by atoms with Crippen LogP contribution in [0.15, 0.2) is 66.7 Å². The van der Waals surface area contributed by atoms with Crippen LogP contribution in [0.4, 0.5) is 10.5 Å². The van der Waals surface area contributed by atoms with E-state index in [1.54, 1.807) is 4.90 Å². The molecule has 6 nitrogen and oxygen atoms in total. The van der Waals surface area contributed by atoms with Crippen LogP contribution in [0.25, 0.3) is 11.6 Å². The number of carbonyl (C=O) groups excluding carboxylic acids is 2. The van der Waals surface area contributed by atoms with Gasteiger partial charge in [0.15, 0.2) is 0 Å². The van der Waals surface area contributed by atoms with Crippen LogP contribution in [0.2, 0.25) is 5.02 Å². The van der Waals surface area contributed by atoms with Crippen LogP contribution < -0.4 is 10.1 Å². The Kier molecular flexibility index (Phi) is 5.99. The number of anilines is 1. The Morgan fingerprint density at radius 1 is 1.12 bits per heavy atom. The molecular weight excluding hydrogens is 452 g/mol. The van der Waals surface area contributed by atoms with E-state index in [1.165, 1.54) is 0 Å². The van der Waals surface area contributed by atoms with Crippen LogP contribution in [-0.4, -0.2) is 36.1 Å². The smallest absolute Gasteiger partial charge is 0.410 e. The van der Waals surface area contributed by atoms with Gasteiger partial charge in [0.1, 0.15) is 17.6 Å². The minimum atomic E-state index is -0.268. The predicted molar refractivity (Wildman–Crippen MR) is 132 cm³/mol. The van der Waals surface area contributed by atoms with Crippen molar-refractivity contribution in [3.63, 3.8) is 0 Å². The number of para-hydroxylation sites is 1. The minimum Gasteiger partial charge on any atom is -0.456 e. The van der Waals surface area contributed by atoms with Gasteiger partial charge in [-0.3, -0.25) is 4.79 Å². The molecule has 0 bridgehead atoms. The topological polar surface area (TPSA) is 67.9 Å². The van der Waals surface area contributed by atoms with Crippen LogP contribution in [-0.2, 0) is 16.0 Å². The zero-order chi connectivity index (χ0) is 23.7. The first-order valence-corrected chi connectivity index (χ1v) is 11.5. The van der Waals surface area contributed by atoms with E-state index in [-0.39, 0.29) is 18.1 Å². The fourth-order valence-corrected chi connectivity index (χ4v) is 4.41. The van der Waals surface area contributed by atoms with E-state index in [0.717, 1.165) is 22.4 Å². The number of benzene rings is 3. The van der Waals surface area contributed by atoms with Gasteiger partial charge in [0.05, 0.1) is 11.6 Å². The molecule has 0 radical (unpaired) electrons. The van der Waals surface area contributed by atoms with Crippen molar-refractivity contribution in [1.29, 1.82) is 0 Å². The summed E-state index contributed by atoms with van der Waals surface area (Å²) in [5, 5.41) is 3.36. The van der Waals surface area contributed by atoms with Crippen molar-refractivity contribution < 1.29 is 19.1 Å². The summed E-state index contributed by atoms with van der Waals surface area (Å²) < 4.78 is 11.4. The van der Waals surface area contributed by atoms with Crippen LogP contribution >= 0.6 is 11.6 Å². The summed E-state index contributed by atoms with van der Waals surface area (Å²) in [5.74, 6) is 1.07. The third-order valence-corrected chi connectivity index (χ3v) is 6.22. The average molecular weight is 475 g/mol. The average Bonchev–Trinajstić information content (AvgIpc) is 3.35. The van der Waals surface area contributed by atoms with Crippen molar-refractivity contribution in [2.45, 2.75) is 19.4 Å². The molecule has 2 aliphatic rings. The molecule has 172 valence electrons. The summed E-state index contributed by atoms with van der Waals surface area (Å²) in [6, 6.07) is 20.7. The van der Waals surface area contributed by atoms with Crippen molar-refractivity contribution in [2.75, 3.05) is 18.4 Å². The first kappa shape index (κ1) is 22.0. The largest absolute Gasteiger partial charge is 0.456 e. The molecule has 0 saturated carbocycles. The van der Waals surface area contributed by atoms with Crippen molar-refractivity contribution in [1.82, 2.24) is 4.90 Å². The summed E-state index contributed by atoms with van der Waals surface area (Å²) >= 11 is 6.46. The number of hydrogen-bond acceptors (Lipinski definition) is 4. The highest BCUT2D eigenvalue weighted by atomic mass is 35.5. The molecule has 2 heterocycles. The standard InChI is InChI=1S/C27H23ClN2O4/c1-2-30-16-20(34-27(30)32)13-18-9-12-25(23(28)15-18)33-19-10-7-17(8-11-19)14-22-21-5-3-4-6-24(21)29-26(22)31/h3-12,14-15,20H,2,13,16H2,1H3,(H,29,31). The number of fused-ring (bicyclic) bond motifs is 1. The monoisotopic (exact) mass is 474 g/mol. The fraction of sp³-hybridized carbons (Fsp3) is 0.185. The van der Waals surface area contributed by atoms with Gasteiger partial charge in [-0.05, 0) is 54.5 Å². The molecule has 1 atom stereocenters. The van der Waals surface area contributed by atoms with Crippen LogP contribution in [0.5, 0.6) is 11.5 Å². The van der Waals surface area contributed by atoms with Crippen molar-refractivity contribution in [2.24, 2.45) is 0 Å². The Bertz CT molecular complexity index is 1290. The summed E-state index contributed by atoms with van der Waals surface area (Å²) in [4.78, 5) is 25.8. The number of rotatable bonds is 6. The molecule has 1 unspecified atom stereocenters. The quantitative estimate of drug-likeness (QED) is 0.444. The van der Waals surface area contributed by atoms with E-state index in [9.17, 15) is 9.59 Å². The third kappa shape index (κ3) is 4.50. The highest BCUT2D eigenvalue weighted by Crippen LogP contribution is 2.34. The van der Waals surface area contributed by atoms with E-state index >= 15 is 0 Å². The summed E-state index contributed by atoms with van der Waals surface area (Å²) in [5.41, 5.74) is 4.23. The van der Waals surface area contributed by atoms with E-state index in [2.05, 4.69) is 5.32 Å². The van der Waals surface area contributed by atoms with Gasteiger partial charge in [-0.2, -0.15) is 0 Å². The van der Waals surface area contributed by atoms with Gasteiger partial charge in [0.2, 0.25) is 0 Å². The predicted octanol–water partition coefficient (Wildman–Crippen LogP) is 6.01. The summed E-state index contributed by atoms with van der Waals surface area (Å²) in [6.07, 6.45) is 2.02. The van der Waals surface area contributed by atoms with Gasteiger partial charge in [-0.25, -0.2) is 4.79 Å². The lowest BCUT2D eigenvalue weighted by Gasteiger charge is -2.12. The Morgan fingerprint density at radius 3 is 2.65 bits per heavy atom. The molecule has 34 heavy (non-hydrogen) atoms. The van der Waals surface area contributed by atoms with Gasteiger partial charge in [-0.1, -0.05) is 48.0 Å². The SMILES string of the molecule is CCN1CC(Cc2ccc(Oc3ccc(C=C4C(=O)Nc5ccccc54)cc3)c(Cl)c2)OC1=O. The zero-order valence-corrected chi connectivity index (χ0v) is 19.3. The third-order valence-electron chi connectivity index (χ3n) is 5.92. The molecule has 0 aromatic heterocycles. The molecular formula is C27H23ClN2O4. The van der Waals surface area contributed by atoms with Crippen LogP contribution in [0, 0.1) is 0 Å². The molecule has 7 heteroatoms. The minimum absolute atomic E-state index is 0.108. The second-order valence-electron chi connectivity index (χ2n) is 8.24. The number of ether oxygens (including phenoxy) is 2. The highest BCUT2D eigenvalue weighted by Gasteiger charge is 2.30. The lowest BCUT2D eigenvalue weighted by atomic mass is 10.0. The maximum atomic E-state index is 12.3. The fourth-order valence-electron chi connectivity index (χ4n) is 4.16. The highest BCUT2D eigenvalue weighted by molar-refractivity contribution is 6.35. The number of nitrogens with zero attached hydrogens (tertiary/aromatic N) is 1. The molecule has 2 amide bonds. The molecule has 3 aromatic rings. The van der Waals surface area contributed by atoms with Gasteiger partial charge < -0.3 is 19.7 Å². The first-order chi connectivity index (χ1) is 16.5. The number of nitrogens with one attached hydrogen (secondary N) is 1. The zero-order valence-electron chi connectivity index (χ0n) is 18.6. The van der Waals surface area contributed by atoms with E-state index in [4.69, 9.17) is 21.1 Å². The maximum Gasteiger partial charge on any atom is 0.410 e. The number of cyclic esters (lactones) is 1. The van der Waals surface area contributed by atoms with Crippen molar-refractivity contribution in [3.8, 4) is 11.5 Å². The molecule has 5 rings (SSSR count). The van der Waals surface area contributed by atoms with Gasteiger partial charge in [-0.15, -0.1) is 0 Å². The second kappa shape index (κ2) is 9.23. The van der Waals surface area contributed by atoms with Crippen molar-refractivity contribution >= 4 is 40.9 Å². The van der Waals surface area contributed by atoms with Gasteiger partial charge in [0, 0.05) is 29.8 Å². The second-order valence-corrected chi connectivity index (χ2v) is 8.65.